The van der Waals surface area contributed by atoms with E-state index in [-0.39, 0.29) is 0 Å². The zero-order valence-corrected chi connectivity index (χ0v) is 75.0. The molecule has 0 radical (unpaired) electrons. The molecule has 0 amide bonds. The minimum atomic E-state index is 0.583. The van der Waals surface area contributed by atoms with E-state index >= 15 is 0 Å². The van der Waals surface area contributed by atoms with Crippen molar-refractivity contribution in [1.82, 2.24) is 105 Å². The van der Waals surface area contributed by atoms with Crippen molar-refractivity contribution in [2.24, 2.45) is 0 Å². The summed E-state index contributed by atoms with van der Waals surface area (Å²) in [5.41, 5.74) is 29.4. The van der Waals surface area contributed by atoms with Gasteiger partial charge in [0.1, 0.15) is 0 Å². The van der Waals surface area contributed by atoms with Crippen LogP contribution in [0, 0.1) is 83.1 Å². The Labute approximate surface area is 766 Å². The highest BCUT2D eigenvalue weighted by Crippen LogP contribution is 2.36. The summed E-state index contributed by atoms with van der Waals surface area (Å²) in [6, 6.07) is 107. The molecule has 20 aromatic rings. The first kappa shape index (κ1) is 85.7. The topological polar surface area (TPSA) is 271 Å². The van der Waals surface area contributed by atoms with Crippen molar-refractivity contribution in [2.75, 3.05) is 0 Å². The zero-order valence-electron chi connectivity index (χ0n) is 75.0. The van der Waals surface area contributed by atoms with Gasteiger partial charge in [-0.1, -0.05) is 279 Å². The van der Waals surface area contributed by atoms with Crippen molar-refractivity contribution in [3.63, 3.8) is 0 Å². The van der Waals surface area contributed by atoms with E-state index in [9.17, 15) is 0 Å². The average molecular weight is 1720 g/mol. The second-order valence-electron chi connectivity index (χ2n) is 32.5. The summed E-state index contributed by atoms with van der Waals surface area (Å²) >= 11 is 0. The number of aryl methyl sites for hydroxylation is 12. The Balaban J connectivity index is 0.000000133. The normalized spacial score (nSPS) is 11.0. The van der Waals surface area contributed by atoms with Gasteiger partial charge in [0.25, 0.3) is 0 Å². The van der Waals surface area contributed by atoms with Gasteiger partial charge < -0.3 is 0 Å². The molecule has 132 heavy (non-hydrogen) atoms. The third-order valence-corrected chi connectivity index (χ3v) is 21.7. The predicted molar refractivity (Wildman–Crippen MR) is 522 cm³/mol. The van der Waals surface area contributed by atoms with Crippen molar-refractivity contribution >= 4 is 0 Å². The zero-order chi connectivity index (χ0) is 90.9. The van der Waals surface area contributed by atoms with Crippen LogP contribution >= 0.6 is 0 Å². The third-order valence-electron chi connectivity index (χ3n) is 21.7. The Bertz CT molecular complexity index is 7120. The van der Waals surface area contributed by atoms with Crippen LogP contribution < -0.4 is 0 Å². The van der Waals surface area contributed by atoms with Crippen LogP contribution in [0.15, 0.2) is 322 Å². The number of hydrogen-bond acceptors (Lipinski definition) is 21. The Hall–Kier alpha value is -17.1. The van der Waals surface area contributed by atoms with Gasteiger partial charge in [-0.25, -0.2) is 105 Å². The van der Waals surface area contributed by atoms with Crippen molar-refractivity contribution in [1.29, 1.82) is 0 Å². The summed E-state index contributed by atoms with van der Waals surface area (Å²) in [7, 11) is 0. The summed E-state index contributed by atoms with van der Waals surface area (Å²) < 4.78 is 0. The van der Waals surface area contributed by atoms with Crippen molar-refractivity contribution < 1.29 is 0 Å². The summed E-state index contributed by atoms with van der Waals surface area (Å²) in [6.07, 6.45) is 0. The van der Waals surface area contributed by atoms with E-state index in [0.29, 0.717) is 87.4 Å². The highest BCUT2D eigenvalue weighted by atomic mass is 15.1. The standard InChI is InChI=1S/2C39H31N7.C33H27N7/c1-24-21-25(2)41-35(40-24)29-13-17-31(18-14-29)37-44-38(32-19-15-30(16-20-32)36-42-26(3)22-27(4)43-36)46-39(45-37)34-12-8-11-33(23-34)28-9-6-5-7-10-28;1-24-22-25(2)41-35(40-24)30-14-18-33(19-15-30)38-44-37(32-12-10-29(11-13-32)28-8-6-5-7-9-28)45-39(46-38)34-20-16-31(17-21-34)36-42-26(3)23-27(4)43-36;1-20-18-21(2)35-29(34-20)25-10-14-27(15-11-25)32-38-31(24-8-6-5-7-9-24)39-33(40-32)28-16-12-26(13-17-28)30-36-22(3)19-23(4)37-30/h2*5-23H,1-4H3;5-19H,1-4H3. The Morgan fingerprint density at radius 1 is 0.0909 bits per heavy atom. The molecule has 20 rings (SSSR count). The summed E-state index contributed by atoms with van der Waals surface area (Å²) in [5.74, 6) is 9.56. The largest absolute Gasteiger partial charge is 0.233 e. The van der Waals surface area contributed by atoms with Crippen LogP contribution in [0.5, 0.6) is 0 Å². The van der Waals surface area contributed by atoms with Crippen LogP contribution in [0.2, 0.25) is 0 Å². The van der Waals surface area contributed by atoms with Gasteiger partial charge in [-0.05, 0) is 148 Å². The Morgan fingerprint density at radius 2 is 0.205 bits per heavy atom. The molecule has 0 saturated carbocycles. The van der Waals surface area contributed by atoms with Gasteiger partial charge in [0, 0.05) is 152 Å². The van der Waals surface area contributed by atoms with E-state index in [1.165, 1.54) is 0 Å². The first-order chi connectivity index (χ1) is 64.2. The Kier molecular flexibility index (Phi) is 24.8. The fourth-order valence-corrected chi connectivity index (χ4v) is 15.5. The second-order valence-corrected chi connectivity index (χ2v) is 32.5. The summed E-state index contributed by atoms with van der Waals surface area (Å²) in [5, 5.41) is 0. The van der Waals surface area contributed by atoms with Crippen LogP contribution in [0.3, 0.4) is 0 Å². The lowest BCUT2D eigenvalue weighted by atomic mass is 10.0. The van der Waals surface area contributed by atoms with Crippen LogP contribution in [0.1, 0.15) is 68.3 Å². The number of benzene rings is 11. The summed E-state index contributed by atoms with van der Waals surface area (Å²) in [4.78, 5) is 99.6. The van der Waals surface area contributed by atoms with Crippen LogP contribution in [0.25, 0.3) is 193 Å². The maximum absolute atomic E-state index is 4.98. The fraction of sp³-hybridized carbons (Fsp3) is 0.108. The minimum Gasteiger partial charge on any atom is -0.233 e. The van der Waals surface area contributed by atoms with Gasteiger partial charge in [-0.3, -0.25) is 0 Å². The van der Waals surface area contributed by atoms with Gasteiger partial charge in [0.15, 0.2) is 87.4 Å². The molecule has 9 heterocycles. The molecule has 0 aliphatic heterocycles. The molecule has 9 aromatic heterocycles. The van der Waals surface area contributed by atoms with Gasteiger partial charge >= 0.3 is 0 Å². The third kappa shape index (κ3) is 20.5. The van der Waals surface area contributed by atoms with E-state index in [0.717, 1.165) is 174 Å². The van der Waals surface area contributed by atoms with Crippen LogP contribution in [0.4, 0.5) is 0 Å². The van der Waals surface area contributed by atoms with Gasteiger partial charge in [-0.15, -0.1) is 0 Å². The molecule has 0 aliphatic rings. The van der Waals surface area contributed by atoms with Gasteiger partial charge in [0.05, 0.1) is 0 Å². The highest BCUT2D eigenvalue weighted by Gasteiger charge is 2.21. The monoisotopic (exact) mass is 1720 g/mol. The SMILES string of the molecule is Cc1cc(C)nc(-c2ccc(-c3nc(-c4ccc(-c5ccccc5)cc4)nc(-c4ccc(-c5nc(C)cc(C)n5)cc4)n3)cc2)n1.Cc1cc(C)nc(-c2ccc(-c3nc(-c4ccc(-c5nc(C)cc(C)n5)cc4)nc(-c4cccc(-c5ccccc5)c4)n3)cc2)n1.Cc1cc(C)nc(-c2ccc(-c3nc(-c4ccccc4)nc(-c4ccc(-c5nc(C)cc(C)n5)cc4)n3)cc2)n1. The van der Waals surface area contributed by atoms with Crippen molar-refractivity contribution in [2.45, 2.75) is 83.1 Å². The quantitative estimate of drug-likeness (QED) is 0.0819. The second kappa shape index (κ2) is 38.2. The van der Waals surface area contributed by atoms with Gasteiger partial charge in [-0.2, -0.15) is 0 Å². The molecule has 0 atom stereocenters. The van der Waals surface area contributed by atoms with Gasteiger partial charge in [0.2, 0.25) is 0 Å². The number of nitrogens with zero attached hydrogens (tertiary/aromatic N) is 21. The molecule has 21 heteroatoms. The smallest absolute Gasteiger partial charge is 0.164 e. The van der Waals surface area contributed by atoms with Crippen molar-refractivity contribution in [3.8, 4) is 193 Å². The number of aromatic nitrogens is 21. The lowest BCUT2D eigenvalue weighted by molar-refractivity contribution is 1.06. The number of hydrogen-bond donors (Lipinski definition) is 0. The Morgan fingerprint density at radius 3 is 0.386 bits per heavy atom. The molecule has 0 unspecified atom stereocenters. The average Bonchev–Trinajstić information content (AvgIpc) is 0.793. The molecule has 0 N–H and O–H groups in total. The molecular formula is C111H89N21. The molecule has 0 bridgehead atoms. The lowest BCUT2D eigenvalue weighted by Crippen LogP contribution is -2.01. The van der Waals surface area contributed by atoms with E-state index in [1.54, 1.807) is 0 Å². The van der Waals surface area contributed by atoms with Crippen molar-refractivity contribution in [3.05, 3.63) is 390 Å². The first-order valence-electron chi connectivity index (χ1n) is 43.4. The first-order valence-corrected chi connectivity index (χ1v) is 43.4. The molecule has 11 aromatic carbocycles. The molecule has 0 fully saturated rings. The summed E-state index contributed by atoms with van der Waals surface area (Å²) in [6.45, 7) is 23.8. The number of rotatable bonds is 17. The molecule has 0 saturated heterocycles. The molecule has 638 valence electrons. The minimum absolute atomic E-state index is 0.583. The highest BCUT2D eigenvalue weighted by molar-refractivity contribution is 5.78. The maximum Gasteiger partial charge on any atom is 0.164 e. The lowest BCUT2D eigenvalue weighted by Gasteiger charge is -2.11. The molecular weight excluding hydrogens is 1630 g/mol. The van der Waals surface area contributed by atoms with E-state index in [1.807, 2.05) is 344 Å². The van der Waals surface area contributed by atoms with E-state index in [4.69, 9.17) is 44.9 Å². The van der Waals surface area contributed by atoms with E-state index in [2.05, 4.69) is 120 Å². The molecule has 0 aliphatic carbocycles. The van der Waals surface area contributed by atoms with Crippen LogP contribution in [-0.4, -0.2) is 105 Å². The van der Waals surface area contributed by atoms with E-state index < -0.39 is 0 Å². The predicted octanol–water partition coefficient (Wildman–Crippen LogP) is 24.4. The fourth-order valence-electron chi connectivity index (χ4n) is 15.5. The molecule has 0 spiro atoms. The maximum atomic E-state index is 4.98. The molecule has 21 nitrogen and oxygen atoms in total. The van der Waals surface area contributed by atoms with Crippen LogP contribution in [-0.2, 0) is 0 Å².